The third-order valence-corrected chi connectivity index (χ3v) is 7.52. The van der Waals surface area contributed by atoms with E-state index in [1.54, 1.807) is 18.2 Å². The second-order valence-corrected chi connectivity index (χ2v) is 10.3. The van der Waals surface area contributed by atoms with E-state index < -0.39 is 15.8 Å². The zero-order valence-electron chi connectivity index (χ0n) is 17.9. The fraction of sp³-hybridized carbons (Fsp3) is 0.667. The van der Waals surface area contributed by atoms with Crippen LogP contribution < -0.4 is 5.32 Å². The van der Waals surface area contributed by atoms with E-state index in [1.807, 2.05) is 6.92 Å². The molecule has 8 heteroatoms. The molecule has 0 aliphatic carbocycles. The van der Waals surface area contributed by atoms with Crippen molar-refractivity contribution in [1.82, 2.24) is 10.2 Å². The van der Waals surface area contributed by atoms with E-state index in [-0.39, 0.29) is 0 Å². The highest BCUT2D eigenvalue weighted by atomic mass is 35.5. The monoisotopic (exact) mass is 463 g/mol. The topological polar surface area (TPSA) is 61.8 Å². The fourth-order valence-corrected chi connectivity index (χ4v) is 5.37. The maximum atomic E-state index is 13.6. The van der Waals surface area contributed by atoms with Crippen LogP contribution in [0.3, 0.4) is 0 Å². The second kappa shape index (κ2) is 14.2. The van der Waals surface area contributed by atoms with Gasteiger partial charge in [-0.25, -0.2) is 9.00 Å². The molecular formula is C21H35Cl2N3O2S. The second-order valence-electron chi connectivity index (χ2n) is 7.15. The Balaban J connectivity index is 2.82. The lowest BCUT2D eigenvalue weighted by molar-refractivity contribution is 0.249. The number of carbonyl (C=O) groups excluding carboxylic acids is 1. The highest BCUT2D eigenvalue weighted by Gasteiger charge is 2.17. The first-order chi connectivity index (χ1) is 13.9. The van der Waals surface area contributed by atoms with Gasteiger partial charge >= 0.3 is 6.03 Å². The van der Waals surface area contributed by atoms with Gasteiger partial charge < -0.3 is 10.2 Å². The van der Waals surface area contributed by atoms with Gasteiger partial charge in [-0.15, -0.1) is 4.36 Å². The number of amides is 2. The number of nitrogens with one attached hydrogen (secondary N) is 1. The van der Waals surface area contributed by atoms with Crippen LogP contribution in [0, 0.1) is 0 Å². The van der Waals surface area contributed by atoms with E-state index in [0.717, 1.165) is 58.2 Å². The minimum Gasteiger partial charge on any atom is -0.336 e. The first-order valence-corrected chi connectivity index (χ1v) is 13.0. The molecule has 0 saturated carbocycles. The van der Waals surface area contributed by atoms with E-state index in [0.29, 0.717) is 27.2 Å². The zero-order valence-corrected chi connectivity index (χ0v) is 20.2. The minimum absolute atomic E-state index is 0.316. The SMILES string of the molecule is CCCNC(=O)N=S(=O)(CCCCCN(CCC)CCC)c1ccc(Cl)c(Cl)c1. The van der Waals surface area contributed by atoms with Crippen molar-refractivity contribution in [3.63, 3.8) is 0 Å². The predicted octanol–water partition coefficient (Wildman–Crippen LogP) is 6.23. The maximum absolute atomic E-state index is 13.6. The molecule has 1 atom stereocenters. The molecule has 0 aliphatic rings. The van der Waals surface area contributed by atoms with Crippen LogP contribution in [0.4, 0.5) is 4.79 Å². The molecule has 1 N–H and O–H groups in total. The molecule has 0 saturated heterocycles. The van der Waals surface area contributed by atoms with E-state index in [4.69, 9.17) is 23.2 Å². The molecule has 0 spiro atoms. The summed E-state index contributed by atoms with van der Waals surface area (Å²) in [7, 11) is -2.90. The standard InChI is InChI=1S/C21H35Cl2N3O2S/c1-4-12-24-21(27)25-29(28,18-10-11-19(22)20(23)17-18)16-9-7-8-15-26(13-5-2)14-6-3/h10-11,17H,4-9,12-16H2,1-3H3,(H,24,27). The van der Waals surface area contributed by atoms with Gasteiger partial charge in [0.05, 0.1) is 19.8 Å². The summed E-state index contributed by atoms with van der Waals surface area (Å²) in [4.78, 5) is 15.1. The molecule has 1 aromatic rings. The molecule has 0 heterocycles. The van der Waals surface area contributed by atoms with Crippen LogP contribution in [0.15, 0.2) is 27.5 Å². The van der Waals surface area contributed by atoms with Gasteiger partial charge in [0.1, 0.15) is 0 Å². The number of rotatable bonds is 13. The Kier molecular flexibility index (Phi) is 12.9. The van der Waals surface area contributed by atoms with Gasteiger partial charge in [-0.05, 0) is 69.9 Å². The summed E-state index contributed by atoms with van der Waals surface area (Å²) in [5.41, 5.74) is 0. The van der Waals surface area contributed by atoms with Crippen molar-refractivity contribution in [2.75, 3.05) is 31.9 Å². The summed E-state index contributed by atoms with van der Waals surface area (Å²) < 4.78 is 17.6. The molecular weight excluding hydrogens is 429 g/mol. The Labute approximate surface area is 186 Å². The van der Waals surface area contributed by atoms with Crippen molar-refractivity contribution in [2.24, 2.45) is 4.36 Å². The first kappa shape index (κ1) is 26.2. The molecule has 0 aromatic heterocycles. The number of nitrogens with zero attached hydrogens (tertiary/aromatic N) is 2. The normalized spacial score (nSPS) is 13.3. The van der Waals surface area contributed by atoms with E-state index in [1.165, 1.54) is 0 Å². The van der Waals surface area contributed by atoms with Crippen LogP contribution in [-0.4, -0.2) is 47.1 Å². The van der Waals surface area contributed by atoms with Crippen LogP contribution in [0.2, 0.25) is 10.0 Å². The highest BCUT2D eigenvalue weighted by molar-refractivity contribution is 7.94. The first-order valence-electron chi connectivity index (χ1n) is 10.6. The Morgan fingerprint density at radius 3 is 2.28 bits per heavy atom. The van der Waals surface area contributed by atoms with Crippen LogP contribution in [0.5, 0.6) is 0 Å². The van der Waals surface area contributed by atoms with Crippen molar-refractivity contribution in [1.29, 1.82) is 0 Å². The zero-order chi connectivity index (χ0) is 21.7. The fourth-order valence-electron chi connectivity index (χ4n) is 3.07. The summed E-state index contributed by atoms with van der Waals surface area (Å²) >= 11 is 12.1. The van der Waals surface area contributed by atoms with Gasteiger partial charge in [-0.2, -0.15) is 0 Å². The summed E-state index contributed by atoms with van der Waals surface area (Å²) in [5, 5.41) is 3.38. The number of hydrogen-bond donors (Lipinski definition) is 1. The van der Waals surface area contributed by atoms with Gasteiger partial charge in [0, 0.05) is 17.2 Å². The summed E-state index contributed by atoms with van der Waals surface area (Å²) in [5.74, 6) is 0.325. The largest absolute Gasteiger partial charge is 0.349 e. The van der Waals surface area contributed by atoms with Crippen molar-refractivity contribution in [3.05, 3.63) is 28.2 Å². The Morgan fingerprint density at radius 2 is 1.69 bits per heavy atom. The van der Waals surface area contributed by atoms with Crippen LogP contribution in [-0.2, 0) is 9.73 Å². The lowest BCUT2D eigenvalue weighted by atomic mass is 10.2. The van der Waals surface area contributed by atoms with E-state index in [9.17, 15) is 9.00 Å². The average Bonchev–Trinajstić information content (AvgIpc) is 2.68. The number of benzene rings is 1. The van der Waals surface area contributed by atoms with Crippen molar-refractivity contribution >= 4 is 39.0 Å². The number of hydrogen-bond acceptors (Lipinski definition) is 3. The van der Waals surface area contributed by atoms with Crippen LogP contribution in [0.1, 0.15) is 59.3 Å². The molecule has 0 fully saturated rings. The molecule has 166 valence electrons. The molecule has 1 rings (SSSR count). The molecule has 1 unspecified atom stereocenters. The van der Waals surface area contributed by atoms with Crippen molar-refractivity contribution in [2.45, 2.75) is 64.2 Å². The molecule has 29 heavy (non-hydrogen) atoms. The van der Waals surface area contributed by atoms with E-state index >= 15 is 0 Å². The molecule has 0 bridgehead atoms. The molecule has 0 aliphatic heterocycles. The highest BCUT2D eigenvalue weighted by Crippen LogP contribution is 2.27. The van der Waals surface area contributed by atoms with Gasteiger partial charge in [-0.3, -0.25) is 0 Å². The maximum Gasteiger partial charge on any atom is 0.349 e. The third kappa shape index (κ3) is 9.69. The molecule has 1 aromatic carbocycles. The van der Waals surface area contributed by atoms with Gasteiger partial charge in [-0.1, -0.05) is 50.4 Å². The number of urea groups is 1. The molecule has 5 nitrogen and oxygen atoms in total. The lowest BCUT2D eigenvalue weighted by Crippen LogP contribution is -2.26. The third-order valence-electron chi connectivity index (χ3n) is 4.49. The van der Waals surface area contributed by atoms with Gasteiger partial charge in [0.25, 0.3) is 0 Å². The lowest BCUT2D eigenvalue weighted by Gasteiger charge is -2.20. The quantitative estimate of drug-likeness (QED) is 0.352. The number of halogens is 2. The van der Waals surface area contributed by atoms with Gasteiger partial charge in [0.15, 0.2) is 0 Å². The summed E-state index contributed by atoms with van der Waals surface area (Å²) in [6.07, 6.45) is 5.80. The number of carbonyl (C=O) groups is 1. The summed E-state index contributed by atoms with van der Waals surface area (Å²) in [6, 6.07) is 4.27. The van der Waals surface area contributed by atoms with Crippen LogP contribution >= 0.6 is 23.2 Å². The van der Waals surface area contributed by atoms with Crippen LogP contribution in [0.25, 0.3) is 0 Å². The Hall–Kier alpha value is -0.820. The smallest absolute Gasteiger partial charge is 0.336 e. The predicted molar refractivity (Wildman–Crippen MR) is 125 cm³/mol. The number of unbranched alkanes of at least 4 members (excludes halogenated alkanes) is 2. The Morgan fingerprint density at radius 1 is 1.00 bits per heavy atom. The summed E-state index contributed by atoms with van der Waals surface area (Å²) in [6.45, 7) is 10.1. The molecule has 2 amide bonds. The van der Waals surface area contributed by atoms with Crippen molar-refractivity contribution in [3.8, 4) is 0 Å². The van der Waals surface area contributed by atoms with Gasteiger partial charge in [0.2, 0.25) is 0 Å². The van der Waals surface area contributed by atoms with E-state index in [2.05, 4.69) is 28.4 Å². The minimum atomic E-state index is -2.90. The van der Waals surface area contributed by atoms with Crippen molar-refractivity contribution < 1.29 is 9.00 Å². The molecule has 0 radical (unpaired) electrons. The Bertz CT molecular complexity index is 743. The average molecular weight is 465 g/mol.